The van der Waals surface area contributed by atoms with E-state index >= 15 is 0 Å². The molecule has 15 heavy (non-hydrogen) atoms. The predicted molar refractivity (Wildman–Crippen MR) is 60.7 cm³/mol. The smallest absolute Gasteiger partial charge is 0.183 e. The Hall–Kier alpha value is -0.660. The highest BCUT2D eigenvalue weighted by molar-refractivity contribution is 7.91. The molecule has 0 saturated carbocycles. The van der Waals surface area contributed by atoms with Gasteiger partial charge in [-0.2, -0.15) is 0 Å². The largest absolute Gasteiger partial charge is 0.358 e. The van der Waals surface area contributed by atoms with Gasteiger partial charge < -0.3 is 11.1 Å². The molecule has 1 fully saturated rings. The van der Waals surface area contributed by atoms with Crippen LogP contribution in [-0.2, 0) is 16.4 Å². The third-order valence-electron chi connectivity index (χ3n) is 2.31. The number of rotatable bonds is 3. The van der Waals surface area contributed by atoms with Crippen molar-refractivity contribution in [2.75, 3.05) is 16.8 Å². The summed E-state index contributed by atoms with van der Waals surface area (Å²) < 4.78 is 22.4. The second-order valence-electron chi connectivity index (χ2n) is 3.58. The van der Waals surface area contributed by atoms with Crippen molar-refractivity contribution in [2.45, 2.75) is 19.0 Å². The lowest BCUT2D eigenvalue weighted by atomic mass is 10.3. The molecule has 1 aliphatic heterocycles. The lowest BCUT2D eigenvalue weighted by molar-refractivity contribution is 0.602. The van der Waals surface area contributed by atoms with Crippen LogP contribution in [-0.4, -0.2) is 30.9 Å². The Labute approximate surface area is 92.6 Å². The summed E-state index contributed by atoms with van der Waals surface area (Å²) in [6.07, 6.45) is 2.39. The van der Waals surface area contributed by atoms with E-state index in [4.69, 9.17) is 5.73 Å². The first kappa shape index (κ1) is 10.8. The zero-order valence-corrected chi connectivity index (χ0v) is 9.77. The molecular weight excluding hydrogens is 234 g/mol. The van der Waals surface area contributed by atoms with Gasteiger partial charge in [-0.15, -0.1) is 11.3 Å². The summed E-state index contributed by atoms with van der Waals surface area (Å²) in [6.45, 7) is 0.475. The molecular formula is C8H13N3O2S2. The van der Waals surface area contributed by atoms with Crippen LogP contribution in [0.4, 0.5) is 5.13 Å². The fourth-order valence-corrected chi connectivity index (χ4v) is 3.99. The monoisotopic (exact) mass is 247 g/mol. The van der Waals surface area contributed by atoms with Gasteiger partial charge in [-0.05, 0) is 6.42 Å². The van der Waals surface area contributed by atoms with Crippen molar-refractivity contribution >= 4 is 26.3 Å². The minimum atomic E-state index is -2.82. The van der Waals surface area contributed by atoms with Crippen molar-refractivity contribution in [3.8, 4) is 0 Å². The van der Waals surface area contributed by atoms with Crippen molar-refractivity contribution in [3.05, 3.63) is 11.1 Å². The molecule has 0 aromatic carbocycles. The maximum Gasteiger partial charge on any atom is 0.183 e. The number of nitrogens with zero attached hydrogens (tertiary/aromatic N) is 1. The molecule has 0 amide bonds. The molecule has 1 aromatic heterocycles. The van der Waals surface area contributed by atoms with Gasteiger partial charge in [0.15, 0.2) is 15.0 Å². The molecule has 0 bridgehead atoms. The van der Waals surface area contributed by atoms with E-state index < -0.39 is 9.84 Å². The third-order valence-corrected chi connectivity index (χ3v) is 5.03. The molecule has 1 saturated heterocycles. The van der Waals surface area contributed by atoms with Crippen molar-refractivity contribution in [1.29, 1.82) is 0 Å². The molecule has 1 unspecified atom stereocenters. The van der Waals surface area contributed by atoms with Gasteiger partial charge in [0, 0.05) is 23.7 Å². The van der Waals surface area contributed by atoms with E-state index in [1.807, 2.05) is 0 Å². The first-order valence-corrected chi connectivity index (χ1v) is 7.34. The summed E-state index contributed by atoms with van der Waals surface area (Å²) in [5.74, 6) is 0.490. The Balaban J connectivity index is 1.98. The Morgan fingerprint density at radius 2 is 2.47 bits per heavy atom. The molecule has 2 rings (SSSR count). The van der Waals surface area contributed by atoms with Gasteiger partial charge in [-0.25, -0.2) is 13.4 Å². The zero-order valence-electron chi connectivity index (χ0n) is 8.14. The van der Waals surface area contributed by atoms with E-state index in [0.29, 0.717) is 13.0 Å². The van der Waals surface area contributed by atoms with Crippen LogP contribution >= 0.6 is 11.3 Å². The summed E-state index contributed by atoms with van der Waals surface area (Å²) in [7, 11) is -2.82. The number of hydrogen-bond donors (Lipinski definition) is 2. The molecule has 0 aliphatic carbocycles. The second kappa shape index (κ2) is 4.07. The summed E-state index contributed by atoms with van der Waals surface area (Å²) in [5, 5.41) is 3.89. The molecule has 0 spiro atoms. The fourth-order valence-electron chi connectivity index (χ4n) is 1.55. The van der Waals surface area contributed by atoms with E-state index in [1.54, 1.807) is 6.20 Å². The number of nitrogens with one attached hydrogen (secondary N) is 1. The summed E-state index contributed by atoms with van der Waals surface area (Å²) >= 11 is 1.48. The average molecular weight is 247 g/mol. The van der Waals surface area contributed by atoms with Crippen LogP contribution in [0.2, 0.25) is 0 Å². The molecule has 2 heterocycles. The van der Waals surface area contributed by atoms with E-state index in [-0.39, 0.29) is 17.5 Å². The van der Waals surface area contributed by atoms with E-state index in [0.717, 1.165) is 10.0 Å². The molecule has 0 radical (unpaired) electrons. The fraction of sp³-hybridized carbons (Fsp3) is 0.625. The minimum absolute atomic E-state index is 0.00627. The molecule has 1 aliphatic rings. The zero-order chi connectivity index (χ0) is 10.9. The van der Waals surface area contributed by atoms with Crippen LogP contribution in [0.25, 0.3) is 0 Å². The lowest BCUT2D eigenvalue weighted by Gasteiger charge is -2.07. The maximum absolute atomic E-state index is 11.2. The van der Waals surface area contributed by atoms with Crippen LogP contribution in [0.5, 0.6) is 0 Å². The molecule has 84 valence electrons. The van der Waals surface area contributed by atoms with Crippen molar-refractivity contribution in [3.63, 3.8) is 0 Å². The van der Waals surface area contributed by atoms with Gasteiger partial charge >= 0.3 is 0 Å². The van der Waals surface area contributed by atoms with Gasteiger partial charge in [-0.3, -0.25) is 0 Å². The topological polar surface area (TPSA) is 85.1 Å². The number of aromatic nitrogens is 1. The van der Waals surface area contributed by atoms with E-state index in [1.165, 1.54) is 11.3 Å². The highest BCUT2D eigenvalue weighted by Crippen LogP contribution is 2.21. The first-order chi connectivity index (χ1) is 7.09. The normalized spacial score (nSPS) is 24.2. The maximum atomic E-state index is 11.2. The standard InChI is InChI=1S/C8H13N3O2S2/c9-3-7-4-10-8(14-7)11-6-1-2-15(12,13)5-6/h4,6H,1-3,5,9H2,(H,10,11). The Morgan fingerprint density at radius 3 is 3.00 bits per heavy atom. The molecule has 5 nitrogen and oxygen atoms in total. The van der Waals surface area contributed by atoms with Crippen molar-refractivity contribution in [1.82, 2.24) is 4.98 Å². The second-order valence-corrected chi connectivity index (χ2v) is 6.92. The van der Waals surface area contributed by atoms with Crippen LogP contribution in [0.3, 0.4) is 0 Å². The Kier molecular flexibility index (Phi) is 2.94. The first-order valence-electron chi connectivity index (χ1n) is 4.71. The average Bonchev–Trinajstić information content (AvgIpc) is 2.73. The summed E-state index contributed by atoms with van der Waals surface area (Å²) in [5.41, 5.74) is 5.46. The quantitative estimate of drug-likeness (QED) is 0.797. The molecule has 7 heteroatoms. The van der Waals surface area contributed by atoms with Crippen LogP contribution in [0.15, 0.2) is 6.20 Å². The van der Waals surface area contributed by atoms with Gasteiger partial charge in [0.05, 0.1) is 11.5 Å². The highest BCUT2D eigenvalue weighted by atomic mass is 32.2. The van der Waals surface area contributed by atoms with Gasteiger partial charge in [0.1, 0.15) is 0 Å². The Morgan fingerprint density at radius 1 is 1.67 bits per heavy atom. The van der Waals surface area contributed by atoms with Gasteiger partial charge in [-0.1, -0.05) is 0 Å². The lowest BCUT2D eigenvalue weighted by Crippen LogP contribution is -2.20. The molecule has 1 aromatic rings. The predicted octanol–water partition coefficient (Wildman–Crippen LogP) is 0.201. The molecule has 1 atom stereocenters. The number of hydrogen-bond acceptors (Lipinski definition) is 6. The number of nitrogens with two attached hydrogens (primary N) is 1. The number of thiazole rings is 1. The van der Waals surface area contributed by atoms with Crippen LogP contribution in [0.1, 0.15) is 11.3 Å². The van der Waals surface area contributed by atoms with Crippen LogP contribution < -0.4 is 11.1 Å². The third kappa shape index (κ3) is 2.67. The van der Waals surface area contributed by atoms with Crippen molar-refractivity contribution < 1.29 is 8.42 Å². The van der Waals surface area contributed by atoms with E-state index in [2.05, 4.69) is 10.3 Å². The number of anilines is 1. The highest BCUT2D eigenvalue weighted by Gasteiger charge is 2.28. The Bertz CT molecular complexity index is 440. The SMILES string of the molecule is NCc1cnc(NC2CCS(=O)(=O)C2)s1. The summed E-state index contributed by atoms with van der Waals surface area (Å²) in [6, 6.07) is 0.00627. The number of sulfone groups is 1. The van der Waals surface area contributed by atoms with Gasteiger partial charge in [0.2, 0.25) is 0 Å². The molecule has 3 N–H and O–H groups in total. The summed E-state index contributed by atoms with van der Waals surface area (Å²) in [4.78, 5) is 5.13. The van der Waals surface area contributed by atoms with Crippen LogP contribution in [0, 0.1) is 0 Å². The minimum Gasteiger partial charge on any atom is -0.358 e. The van der Waals surface area contributed by atoms with Crippen molar-refractivity contribution in [2.24, 2.45) is 5.73 Å². The van der Waals surface area contributed by atoms with E-state index in [9.17, 15) is 8.42 Å². The van der Waals surface area contributed by atoms with Gasteiger partial charge in [0.25, 0.3) is 0 Å².